The summed E-state index contributed by atoms with van der Waals surface area (Å²) in [6.07, 6.45) is 1.44. The van der Waals surface area contributed by atoms with Gasteiger partial charge in [-0.2, -0.15) is 0 Å². The Morgan fingerprint density at radius 1 is 0.881 bits per heavy atom. The summed E-state index contributed by atoms with van der Waals surface area (Å²) < 4.78 is 33.0. The van der Waals surface area contributed by atoms with E-state index in [9.17, 15) is 23.2 Å². The van der Waals surface area contributed by atoms with Crippen LogP contribution in [-0.2, 0) is 11.3 Å². The largest absolute Gasteiger partial charge is 0.444 e. The molecule has 42 heavy (non-hydrogen) atoms. The zero-order valence-corrected chi connectivity index (χ0v) is 24.3. The summed E-state index contributed by atoms with van der Waals surface area (Å²) in [5.74, 6) is -1.94. The first-order valence-corrected chi connectivity index (χ1v) is 13.3. The highest BCUT2D eigenvalue weighted by atomic mass is 19.1. The summed E-state index contributed by atoms with van der Waals surface area (Å²) >= 11 is 0. The van der Waals surface area contributed by atoms with Gasteiger partial charge in [-0.15, -0.1) is 0 Å². The number of pyridine rings is 1. The predicted octanol–water partition coefficient (Wildman–Crippen LogP) is 5.94. The molecule has 1 aromatic heterocycles. The van der Waals surface area contributed by atoms with E-state index in [0.29, 0.717) is 36.4 Å². The highest BCUT2D eigenvalue weighted by Crippen LogP contribution is 2.23. The number of carbonyl (C=O) groups excluding carboxylic acids is 3. The summed E-state index contributed by atoms with van der Waals surface area (Å²) in [6.45, 7) is 6.40. The molecule has 2 aromatic carbocycles. The van der Waals surface area contributed by atoms with Crippen molar-refractivity contribution >= 4 is 35.1 Å². The van der Waals surface area contributed by atoms with Crippen molar-refractivity contribution in [3.8, 4) is 0 Å². The highest BCUT2D eigenvalue weighted by molar-refractivity contribution is 6.05. The van der Waals surface area contributed by atoms with Crippen LogP contribution in [0.5, 0.6) is 0 Å². The number of ether oxygens (including phenoxy) is 1. The minimum atomic E-state index is -0.752. The number of nitrogens with one attached hydrogen (secondary N) is 3. The van der Waals surface area contributed by atoms with Crippen molar-refractivity contribution in [2.75, 3.05) is 43.1 Å². The molecule has 12 heteroatoms. The van der Waals surface area contributed by atoms with E-state index in [1.807, 2.05) is 19.0 Å². The molecular formula is C30H36F2N6O4. The number of aromatic nitrogens is 1. The van der Waals surface area contributed by atoms with Crippen molar-refractivity contribution in [2.24, 2.45) is 0 Å². The normalized spacial score (nSPS) is 11.1. The van der Waals surface area contributed by atoms with Crippen LogP contribution >= 0.6 is 0 Å². The van der Waals surface area contributed by atoms with Crippen molar-refractivity contribution in [3.05, 3.63) is 83.7 Å². The van der Waals surface area contributed by atoms with E-state index in [-0.39, 0.29) is 17.9 Å². The Balaban J connectivity index is 1.69. The Morgan fingerprint density at radius 3 is 2.19 bits per heavy atom. The van der Waals surface area contributed by atoms with Gasteiger partial charge in [0.2, 0.25) is 0 Å². The number of benzene rings is 2. The lowest BCUT2D eigenvalue weighted by Crippen LogP contribution is -2.36. The van der Waals surface area contributed by atoms with Crippen LogP contribution in [0.2, 0.25) is 0 Å². The monoisotopic (exact) mass is 582 g/mol. The Labute approximate surface area is 244 Å². The molecule has 1 heterocycles. The Hall–Kier alpha value is -4.58. The molecule has 0 aliphatic carbocycles. The van der Waals surface area contributed by atoms with E-state index in [0.717, 1.165) is 18.2 Å². The summed E-state index contributed by atoms with van der Waals surface area (Å²) in [5.41, 5.74) is 0.490. The molecule has 0 unspecified atom stereocenters. The van der Waals surface area contributed by atoms with Crippen LogP contribution < -0.4 is 16.0 Å². The number of hydrogen-bond donors (Lipinski definition) is 3. The fourth-order valence-electron chi connectivity index (χ4n) is 3.79. The van der Waals surface area contributed by atoms with Crippen LogP contribution in [0.1, 0.15) is 43.2 Å². The van der Waals surface area contributed by atoms with Gasteiger partial charge in [0, 0.05) is 25.4 Å². The molecule has 3 rings (SSSR count). The maximum atomic E-state index is 14.1. The van der Waals surface area contributed by atoms with E-state index in [4.69, 9.17) is 4.74 Å². The van der Waals surface area contributed by atoms with Crippen LogP contribution in [0.3, 0.4) is 0 Å². The van der Waals surface area contributed by atoms with Gasteiger partial charge in [0.1, 0.15) is 22.9 Å². The quantitative estimate of drug-likeness (QED) is 0.272. The van der Waals surface area contributed by atoms with Gasteiger partial charge in [0.15, 0.2) is 0 Å². The van der Waals surface area contributed by atoms with Gasteiger partial charge in [-0.3, -0.25) is 15.1 Å². The lowest BCUT2D eigenvalue weighted by Gasteiger charge is -2.24. The number of hydrogen-bond acceptors (Lipinski definition) is 6. The summed E-state index contributed by atoms with van der Waals surface area (Å²) in [7, 11) is 3.82. The molecular weight excluding hydrogens is 546 g/mol. The number of urea groups is 1. The van der Waals surface area contributed by atoms with Gasteiger partial charge in [-0.25, -0.2) is 18.4 Å². The van der Waals surface area contributed by atoms with E-state index < -0.39 is 35.3 Å². The molecule has 0 spiro atoms. The maximum Gasteiger partial charge on any atom is 0.412 e. The van der Waals surface area contributed by atoms with Crippen molar-refractivity contribution < 1.29 is 27.9 Å². The minimum Gasteiger partial charge on any atom is -0.444 e. The van der Waals surface area contributed by atoms with Crippen LogP contribution in [-0.4, -0.2) is 65.6 Å². The Kier molecular flexibility index (Phi) is 10.9. The van der Waals surface area contributed by atoms with Crippen LogP contribution in [0, 0.1) is 11.6 Å². The Morgan fingerprint density at radius 2 is 1.57 bits per heavy atom. The smallest absolute Gasteiger partial charge is 0.412 e. The van der Waals surface area contributed by atoms with Gasteiger partial charge < -0.3 is 25.2 Å². The number of nitrogens with zero attached hydrogens (tertiary/aromatic N) is 3. The number of anilines is 3. The van der Waals surface area contributed by atoms with Crippen LogP contribution in [0.25, 0.3) is 0 Å². The molecule has 0 bridgehead atoms. The molecule has 0 aliphatic rings. The van der Waals surface area contributed by atoms with Gasteiger partial charge in [0.25, 0.3) is 5.91 Å². The fourth-order valence-corrected chi connectivity index (χ4v) is 3.79. The van der Waals surface area contributed by atoms with E-state index >= 15 is 0 Å². The number of rotatable bonds is 10. The summed E-state index contributed by atoms with van der Waals surface area (Å²) in [5, 5.41) is 7.79. The first kappa shape index (κ1) is 31.9. The number of carbonyl (C=O) groups is 3. The number of halogens is 2. The molecule has 0 saturated heterocycles. The molecule has 4 amide bonds. The van der Waals surface area contributed by atoms with Crippen molar-refractivity contribution in [2.45, 2.75) is 39.3 Å². The molecule has 224 valence electrons. The van der Waals surface area contributed by atoms with Gasteiger partial charge in [-0.05, 0) is 83.7 Å². The fraction of sp³-hybridized carbons (Fsp3) is 0.333. The molecule has 0 saturated carbocycles. The second-order valence-electron chi connectivity index (χ2n) is 10.8. The van der Waals surface area contributed by atoms with E-state index in [1.54, 1.807) is 51.1 Å². The van der Waals surface area contributed by atoms with E-state index in [1.165, 1.54) is 17.2 Å². The number of para-hydroxylation sites is 2. The lowest BCUT2D eigenvalue weighted by molar-refractivity contribution is 0.0635. The second kappa shape index (κ2) is 14.4. The zero-order chi connectivity index (χ0) is 30.9. The lowest BCUT2D eigenvalue weighted by atomic mass is 10.2. The average Bonchev–Trinajstić information content (AvgIpc) is 2.90. The summed E-state index contributed by atoms with van der Waals surface area (Å²) in [6, 6.07) is 12.1. The topological polar surface area (TPSA) is 116 Å². The average molecular weight is 583 g/mol. The predicted molar refractivity (Wildman–Crippen MR) is 157 cm³/mol. The molecule has 10 nitrogen and oxygen atoms in total. The molecule has 0 fully saturated rings. The third kappa shape index (κ3) is 10.1. The first-order valence-electron chi connectivity index (χ1n) is 13.3. The number of amides is 4. The van der Waals surface area contributed by atoms with Crippen molar-refractivity contribution in [3.63, 3.8) is 0 Å². The summed E-state index contributed by atoms with van der Waals surface area (Å²) in [4.78, 5) is 45.8. The zero-order valence-electron chi connectivity index (χ0n) is 24.3. The third-order valence-corrected chi connectivity index (χ3v) is 5.73. The minimum absolute atomic E-state index is 0.108. The van der Waals surface area contributed by atoms with Crippen molar-refractivity contribution in [1.82, 2.24) is 14.8 Å². The van der Waals surface area contributed by atoms with E-state index in [2.05, 4.69) is 20.9 Å². The molecule has 3 aromatic rings. The second-order valence-corrected chi connectivity index (χ2v) is 10.8. The van der Waals surface area contributed by atoms with Gasteiger partial charge >= 0.3 is 12.1 Å². The first-order chi connectivity index (χ1) is 19.8. The van der Waals surface area contributed by atoms with Gasteiger partial charge in [-0.1, -0.05) is 18.2 Å². The molecule has 0 atom stereocenters. The Bertz CT molecular complexity index is 1390. The molecule has 0 radical (unpaired) electrons. The van der Waals surface area contributed by atoms with Crippen LogP contribution in [0.4, 0.5) is 35.4 Å². The molecule has 3 N–H and O–H groups in total. The van der Waals surface area contributed by atoms with Crippen molar-refractivity contribution in [1.29, 1.82) is 0 Å². The van der Waals surface area contributed by atoms with Crippen LogP contribution in [0.15, 0.2) is 60.8 Å². The van der Waals surface area contributed by atoms with Gasteiger partial charge in [0.05, 0.1) is 17.1 Å². The maximum absolute atomic E-state index is 14.1. The SMILES string of the molecule is CN(C)CCCN(Cc1ccc(C(=O)Nc2ccccc2NC(=O)OC(C)(C)C)nc1)C(=O)Nc1cc(F)ccc1F. The molecule has 0 aliphatic heterocycles. The highest BCUT2D eigenvalue weighted by Gasteiger charge is 2.19. The standard InChI is InChI=1S/C30H36F2N6O4/c1-30(2,3)42-29(41)36-24-10-7-6-9-23(24)34-27(39)25-14-11-20(18-33-25)19-38(16-8-15-37(4)5)28(40)35-26-17-21(31)12-13-22(26)32/h6-7,9-14,17-18H,8,15-16,19H2,1-5H3,(H,34,39)(H,35,40)(H,36,41). The third-order valence-electron chi connectivity index (χ3n) is 5.73.